The van der Waals surface area contributed by atoms with E-state index in [1.54, 1.807) is 0 Å². The molecule has 3 aliphatic rings. The first-order valence-corrected chi connectivity index (χ1v) is 11.7. The molecule has 0 bridgehead atoms. The van der Waals surface area contributed by atoms with Gasteiger partial charge in [0.05, 0.1) is 25.9 Å². The Morgan fingerprint density at radius 1 is 0.730 bits per heavy atom. The summed E-state index contributed by atoms with van der Waals surface area (Å²) in [6.07, 6.45) is -20.8. The molecule has 0 aromatic heterocycles. The third-order valence-corrected chi connectivity index (χ3v) is 6.58. The van der Waals surface area contributed by atoms with E-state index < -0.39 is 118 Å². The molecule has 0 aromatic rings. The highest BCUT2D eigenvalue weighted by atomic mass is 16.8. The molecule has 3 rings (SSSR count). The molecule has 216 valence electrons. The lowest BCUT2D eigenvalue weighted by atomic mass is 9.95. The van der Waals surface area contributed by atoms with Crippen LogP contribution in [0, 0.1) is 0 Å². The van der Waals surface area contributed by atoms with Crippen LogP contribution in [-0.4, -0.2) is 164 Å². The maximum absolute atomic E-state index is 11.7. The summed E-state index contributed by atoms with van der Waals surface area (Å²) in [7, 11) is 0. The number of nitrogens with one attached hydrogen (secondary N) is 1. The summed E-state index contributed by atoms with van der Waals surface area (Å²) in [6.45, 7) is -1.13. The monoisotopic (exact) mass is 544 g/mol. The fourth-order valence-corrected chi connectivity index (χ4v) is 4.48. The van der Waals surface area contributed by atoms with E-state index >= 15 is 0 Å². The van der Waals surface area contributed by atoms with Crippen LogP contribution in [0.4, 0.5) is 0 Å². The molecular weight excluding hydrogens is 508 g/mol. The average Bonchev–Trinajstić information content (AvgIpc) is 2.86. The second kappa shape index (κ2) is 12.8. The van der Waals surface area contributed by atoms with Crippen molar-refractivity contribution < 1.29 is 74.4 Å². The van der Waals surface area contributed by atoms with Crippen LogP contribution in [0.1, 0.15) is 6.92 Å². The van der Waals surface area contributed by atoms with Gasteiger partial charge in [0.1, 0.15) is 67.1 Å². The number of rotatable bonds is 8. The molecule has 15 atom stereocenters. The van der Waals surface area contributed by atoms with Gasteiger partial charge >= 0.3 is 0 Å². The summed E-state index contributed by atoms with van der Waals surface area (Å²) in [5.74, 6) is -0.638. The van der Waals surface area contributed by atoms with Gasteiger partial charge < -0.3 is 80.7 Å². The molecule has 0 spiro atoms. The molecule has 0 radical (unpaired) electrons. The minimum absolute atomic E-state index is 0.638. The first-order valence-electron chi connectivity index (χ1n) is 11.7. The van der Waals surface area contributed by atoms with Crippen molar-refractivity contribution in [1.29, 1.82) is 0 Å². The Morgan fingerprint density at radius 3 is 1.76 bits per heavy atom. The van der Waals surface area contributed by atoms with Crippen LogP contribution in [-0.2, 0) is 28.5 Å². The zero-order valence-corrected chi connectivity index (χ0v) is 19.8. The van der Waals surface area contributed by atoms with Gasteiger partial charge in [-0.05, 0) is 0 Å². The molecule has 0 aliphatic carbocycles. The number of nitrogens with two attached hydrogens (primary N) is 1. The minimum Gasteiger partial charge on any atom is -0.394 e. The molecule has 17 nitrogen and oxygen atoms in total. The molecule has 0 saturated carbocycles. The molecule has 17 heteroatoms. The standard InChI is InChI=1S/C20H36N2O15/c1-5(26)22-10-16(13(29)8(4-25)33-18(10)32)36-20-17(15(31)12(28)7(3-24)35-20)37-19-9(21)14(30)11(27)6(2-23)34-19/h6-20,23-25,27-32H,2-4,21H2,1H3,(H,22,26)/t6-,7-,8-,9-,10+,11-,12-,13-,14-,15+,16-,17-,18-,19-,20-/m1/s1. The van der Waals surface area contributed by atoms with Crippen LogP contribution in [0.2, 0.25) is 0 Å². The van der Waals surface area contributed by atoms with E-state index in [1.807, 2.05) is 0 Å². The summed E-state index contributed by atoms with van der Waals surface area (Å²) < 4.78 is 27.5. The Morgan fingerprint density at radius 2 is 1.22 bits per heavy atom. The highest BCUT2D eigenvalue weighted by molar-refractivity contribution is 5.73. The Hall–Kier alpha value is -1.13. The molecule has 3 heterocycles. The Balaban J connectivity index is 1.90. The molecule has 0 unspecified atom stereocenters. The van der Waals surface area contributed by atoms with Gasteiger partial charge in [0.2, 0.25) is 5.91 Å². The predicted octanol–water partition coefficient (Wildman–Crippen LogP) is -7.46. The number of carbonyl (C=O) groups is 1. The lowest BCUT2D eigenvalue weighted by Gasteiger charge is -2.49. The van der Waals surface area contributed by atoms with E-state index in [9.17, 15) is 50.8 Å². The molecule has 3 fully saturated rings. The van der Waals surface area contributed by atoms with E-state index in [4.69, 9.17) is 29.4 Å². The molecule has 3 saturated heterocycles. The summed E-state index contributed by atoms with van der Waals surface area (Å²) in [4.78, 5) is 11.7. The van der Waals surface area contributed by atoms with Crippen LogP contribution < -0.4 is 11.1 Å². The van der Waals surface area contributed by atoms with Crippen molar-refractivity contribution in [1.82, 2.24) is 5.32 Å². The zero-order chi connectivity index (χ0) is 27.6. The third-order valence-electron chi connectivity index (χ3n) is 6.58. The number of aliphatic hydroxyl groups is 9. The molecule has 0 aromatic carbocycles. The quantitative estimate of drug-likeness (QED) is 0.135. The fraction of sp³-hybridized carbons (Fsp3) is 0.950. The third kappa shape index (κ3) is 6.38. The lowest BCUT2D eigenvalue weighted by Crippen LogP contribution is -2.69. The van der Waals surface area contributed by atoms with Gasteiger partial charge in [-0.15, -0.1) is 0 Å². The van der Waals surface area contributed by atoms with E-state index in [0.717, 1.165) is 6.92 Å². The van der Waals surface area contributed by atoms with E-state index in [1.165, 1.54) is 0 Å². The molecule has 3 aliphatic heterocycles. The van der Waals surface area contributed by atoms with Crippen molar-refractivity contribution in [2.75, 3.05) is 19.8 Å². The molecule has 1 amide bonds. The van der Waals surface area contributed by atoms with Crippen molar-refractivity contribution in [3.05, 3.63) is 0 Å². The van der Waals surface area contributed by atoms with Crippen molar-refractivity contribution in [3.63, 3.8) is 0 Å². The van der Waals surface area contributed by atoms with Gasteiger partial charge in [0, 0.05) is 6.92 Å². The maximum atomic E-state index is 11.7. The SMILES string of the molecule is CC(=O)N[C@H]1[C@@H](O[C@H]2O[C@H](CO)[C@@H](O)[C@H](O)[C@H]2O[C@H]2O[C@H](CO)[C@@H](O)[C@H](O)[C@H]2N)[C@H](O)[C@@H](CO)O[C@H]1O. The Kier molecular flexibility index (Phi) is 10.5. The van der Waals surface area contributed by atoms with Gasteiger partial charge in [-0.2, -0.15) is 0 Å². The topological polar surface area (TPSA) is 283 Å². The fourth-order valence-electron chi connectivity index (χ4n) is 4.48. The van der Waals surface area contributed by atoms with Gasteiger partial charge in [-0.25, -0.2) is 0 Å². The van der Waals surface area contributed by atoms with E-state index in [0.29, 0.717) is 0 Å². The van der Waals surface area contributed by atoms with Crippen LogP contribution in [0.15, 0.2) is 0 Å². The predicted molar refractivity (Wildman–Crippen MR) is 115 cm³/mol. The average molecular weight is 545 g/mol. The van der Waals surface area contributed by atoms with Crippen LogP contribution in [0.5, 0.6) is 0 Å². The number of aliphatic hydroxyl groups excluding tert-OH is 9. The summed E-state index contributed by atoms with van der Waals surface area (Å²) in [5.41, 5.74) is 5.89. The number of hydrogen-bond donors (Lipinski definition) is 11. The van der Waals surface area contributed by atoms with Crippen molar-refractivity contribution in [2.45, 2.75) is 98.9 Å². The normalized spacial score (nSPS) is 49.0. The lowest BCUT2D eigenvalue weighted by molar-refractivity contribution is -0.372. The molecule has 37 heavy (non-hydrogen) atoms. The van der Waals surface area contributed by atoms with E-state index in [2.05, 4.69) is 5.32 Å². The highest BCUT2D eigenvalue weighted by Gasteiger charge is 2.53. The zero-order valence-electron chi connectivity index (χ0n) is 19.8. The Labute approximate surface area is 210 Å². The van der Waals surface area contributed by atoms with Crippen molar-refractivity contribution in [2.24, 2.45) is 5.73 Å². The van der Waals surface area contributed by atoms with Crippen LogP contribution >= 0.6 is 0 Å². The number of carbonyl (C=O) groups excluding carboxylic acids is 1. The second-order valence-corrected chi connectivity index (χ2v) is 9.16. The van der Waals surface area contributed by atoms with E-state index in [-0.39, 0.29) is 0 Å². The number of amides is 1. The van der Waals surface area contributed by atoms with Gasteiger partial charge in [-0.1, -0.05) is 0 Å². The van der Waals surface area contributed by atoms with Crippen molar-refractivity contribution in [3.8, 4) is 0 Å². The van der Waals surface area contributed by atoms with Gasteiger partial charge in [-0.3, -0.25) is 4.79 Å². The summed E-state index contributed by atoms with van der Waals surface area (Å²) in [5, 5.41) is 93.4. The first-order chi connectivity index (χ1) is 17.4. The largest absolute Gasteiger partial charge is 0.394 e. The second-order valence-electron chi connectivity index (χ2n) is 9.16. The minimum atomic E-state index is -1.84. The molecular formula is C20H36N2O15. The maximum Gasteiger partial charge on any atom is 0.217 e. The van der Waals surface area contributed by atoms with Crippen LogP contribution in [0.3, 0.4) is 0 Å². The Bertz CT molecular complexity index is 749. The molecule has 12 N–H and O–H groups in total. The van der Waals surface area contributed by atoms with Crippen LogP contribution in [0.25, 0.3) is 0 Å². The summed E-state index contributed by atoms with van der Waals surface area (Å²) in [6, 6.07) is -2.81. The summed E-state index contributed by atoms with van der Waals surface area (Å²) >= 11 is 0. The smallest absolute Gasteiger partial charge is 0.217 e. The highest BCUT2D eigenvalue weighted by Crippen LogP contribution is 2.32. The van der Waals surface area contributed by atoms with Gasteiger partial charge in [0.15, 0.2) is 18.9 Å². The van der Waals surface area contributed by atoms with Crippen molar-refractivity contribution >= 4 is 5.91 Å². The first kappa shape index (κ1) is 30.4. The number of ether oxygens (including phenoxy) is 5. The van der Waals surface area contributed by atoms with Gasteiger partial charge in [0.25, 0.3) is 0 Å². The number of hydrogen-bond acceptors (Lipinski definition) is 16.